The first kappa shape index (κ1) is 12.0. The molecule has 0 spiro atoms. The van der Waals surface area contributed by atoms with Crippen molar-refractivity contribution in [3.05, 3.63) is 35.9 Å². The van der Waals surface area contributed by atoms with Crippen molar-refractivity contribution in [2.45, 2.75) is 24.6 Å². The van der Waals surface area contributed by atoms with E-state index in [9.17, 15) is 4.79 Å². The highest BCUT2D eigenvalue weighted by Crippen LogP contribution is 2.54. The summed E-state index contributed by atoms with van der Waals surface area (Å²) in [5.41, 5.74) is 1.06. The maximum absolute atomic E-state index is 12.0. The molecule has 1 amide bonds. The molecule has 0 saturated heterocycles. The highest BCUT2D eigenvalue weighted by Gasteiger charge is 2.47. The molecule has 3 heteroatoms. The monoisotopic (exact) mass is 263 g/mol. The summed E-state index contributed by atoms with van der Waals surface area (Å²) >= 11 is 6.28. The zero-order chi connectivity index (χ0) is 12.5. The average Bonchev–Trinajstić information content (AvgIpc) is 3.03. The van der Waals surface area contributed by atoms with Crippen molar-refractivity contribution >= 4 is 17.5 Å². The summed E-state index contributed by atoms with van der Waals surface area (Å²) in [6.45, 7) is 0.524. The van der Waals surface area contributed by atoms with Gasteiger partial charge in [0.1, 0.15) is 0 Å². The number of amides is 1. The molecule has 0 aliphatic heterocycles. The molecule has 2 aliphatic rings. The van der Waals surface area contributed by atoms with Crippen molar-refractivity contribution in [3.63, 3.8) is 0 Å². The fourth-order valence-corrected chi connectivity index (χ4v) is 3.27. The third-order valence-electron chi connectivity index (χ3n) is 4.23. The van der Waals surface area contributed by atoms with Crippen molar-refractivity contribution < 1.29 is 4.79 Å². The van der Waals surface area contributed by atoms with Crippen molar-refractivity contribution in [1.29, 1.82) is 0 Å². The highest BCUT2D eigenvalue weighted by atomic mass is 35.5. The standard InChI is InChI=1S/C15H18ClNO/c16-14(10-4-2-1-3-5-10)9-17-15(18)13-7-11-6-12(11)8-13/h1-5,11-14H,6-9H2,(H,17,18). The SMILES string of the molecule is O=C(NCC(Cl)c1ccccc1)C1CC2CC2C1. The molecule has 3 unspecified atom stereocenters. The van der Waals surface area contributed by atoms with Crippen LogP contribution in [0, 0.1) is 17.8 Å². The Morgan fingerprint density at radius 1 is 1.22 bits per heavy atom. The largest absolute Gasteiger partial charge is 0.354 e. The second-order valence-corrected chi connectivity index (χ2v) is 6.07. The Kier molecular flexibility index (Phi) is 3.29. The zero-order valence-corrected chi connectivity index (χ0v) is 11.1. The second kappa shape index (κ2) is 4.93. The van der Waals surface area contributed by atoms with E-state index in [2.05, 4.69) is 5.32 Å². The molecule has 0 aromatic heterocycles. The molecule has 2 nitrogen and oxygen atoms in total. The fraction of sp³-hybridized carbons (Fsp3) is 0.533. The van der Waals surface area contributed by atoms with E-state index in [1.54, 1.807) is 0 Å². The number of carbonyl (C=O) groups excluding carboxylic acids is 1. The lowest BCUT2D eigenvalue weighted by atomic mass is 10.0. The predicted octanol–water partition coefficient (Wildman–Crippen LogP) is 3.13. The molecule has 0 bridgehead atoms. The second-order valence-electron chi connectivity index (χ2n) is 5.55. The van der Waals surface area contributed by atoms with Crippen LogP contribution in [0.15, 0.2) is 30.3 Å². The molecule has 0 radical (unpaired) electrons. The van der Waals surface area contributed by atoms with Gasteiger partial charge in [-0.15, -0.1) is 11.6 Å². The Labute approximate surface area is 113 Å². The van der Waals surface area contributed by atoms with E-state index >= 15 is 0 Å². The maximum Gasteiger partial charge on any atom is 0.223 e. The molecule has 1 N–H and O–H groups in total. The van der Waals surface area contributed by atoms with Gasteiger partial charge < -0.3 is 5.32 Å². The van der Waals surface area contributed by atoms with Crippen LogP contribution in [0.3, 0.4) is 0 Å². The summed E-state index contributed by atoms with van der Waals surface area (Å²) < 4.78 is 0. The van der Waals surface area contributed by atoms with E-state index in [0.717, 1.165) is 30.2 Å². The first-order valence-corrected chi connectivity index (χ1v) is 7.14. The number of nitrogens with one attached hydrogen (secondary N) is 1. The van der Waals surface area contributed by atoms with Gasteiger partial charge >= 0.3 is 0 Å². The van der Waals surface area contributed by atoms with Crippen molar-refractivity contribution in [1.82, 2.24) is 5.32 Å². The molecule has 2 aliphatic carbocycles. The minimum atomic E-state index is -0.133. The van der Waals surface area contributed by atoms with Gasteiger partial charge in [0, 0.05) is 12.5 Å². The molecule has 96 valence electrons. The molecule has 0 heterocycles. The lowest BCUT2D eigenvalue weighted by molar-refractivity contribution is -0.125. The first-order valence-electron chi connectivity index (χ1n) is 6.71. The maximum atomic E-state index is 12.0. The molecule has 18 heavy (non-hydrogen) atoms. The van der Waals surface area contributed by atoms with E-state index in [-0.39, 0.29) is 17.2 Å². The van der Waals surface area contributed by atoms with Gasteiger partial charge in [0.15, 0.2) is 0 Å². The summed E-state index contributed by atoms with van der Waals surface area (Å²) in [6.07, 6.45) is 3.54. The normalized spacial score (nSPS) is 30.6. The van der Waals surface area contributed by atoms with Crippen LogP contribution < -0.4 is 5.32 Å². The first-order chi connectivity index (χ1) is 8.74. The van der Waals surface area contributed by atoms with Crippen LogP contribution in [0.25, 0.3) is 0 Å². The fourth-order valence-electron chi connectivity index (χ4n) is 3.04. The van der Waals surface area contributed by atoms with Gasteiger partial charge in [-0.2, -0.15) is 0 Å². The van der Waals surface area contributed by atoms with Crippen LogP contribution >= 0.6 is 11.6 Å². The highest BCUT2D eigenvalue weighted by molar-refractivity contribution is 6.21. The summed E-state index contributed by atoms with van der Waals surface area (Å²) in [4.78, 5) is 12.0. The average molecular weight is 264 g/mol. The Hall–Kier alpha value is -1.02. The number of fused-ring (bicyclic) bond motifs is 1. The van der Waals surface area contributed by atoms with Crippen LogP contribution in [0.2, 0.25) is 0 Å². The minimum Gasteiger partial charge on any atom is -0.354 e. The van der Waals surface area contributed by atoms with Gasteiger partial charge in [0.25, 0.3) is 0 Å². The molecule has 2 fully saturated rings. The van der Waals surface area contributed by atoms with E-state index in [1.165, 1.54) is 6.42 Å². The number of hydrogen-bond acceptors (Lipinski definition) is 1. The number of halogens is 1. The minimum absolute atomic E-state index is 0.133. The van der Waals surface area contributed by atoms with Gasteiger partial charge in [-0.05, 0) is 36.7 Å². The summed E-state index contributed by atoms with van der Waals surface area (Å²) in [5.74, 6) is 2.14. The van der Waals surface area contributed by atoms with Gasteiger partial charge in [-0.3, -0.25) is 4.79 Å². The zero-order valence-electron chi connectivity index (χ0n) is 10.3. The Morgan fingerprint density at radius 3 is 2.56 bits per heavy atom. The molecular weight excluding hydrogens is 246 g/mol. The van der Waals surface area contributed by atoms with Crippen LogP contribution in [-0.4, -0.2) is 12.5 Å². The lowest BCUT2D eigenvalue weighted by Crippen LogP contribution is -2.32. The number of rotatable bonds is 4. The Bertz CT molecular complexity index is 423. The van der Waals surface area contributed by atoms with Crippen LogP contribution in [0.1, 0.15) is 30.2 Å². The predicted molar refractivity (Wildman–Crippen MR) is 72.4 cm³/mol. The molecular formula is C15H18ClNO. The number of carbonyl (C=O) groups is 1. The van der Waals surface area contributed by atoms with Gasteiger partial charge in [-0.25, -0.2) is 0 Å². The van der Waals surface area contributed by atoms with Crippen molar-refractivity contribution in [2.75, 3.05) is 6.54 Å². The summed E-state index contributed by atoms with van der Waals surface area (Å²) in [7, 11) is 0. The molecule has 3 atom stereocenters. The molecule has 3 rings (SSSR count). The van der Waals surface area contributed by atoms with E-state index < -0.39 is 0 Å². The van der Waals surface area contributed by atoms with Crippen molar-refractivity contribution in [3.8, 4) is 0 Å². The molecule has 1 aromatic rings. The Morgan fingerprint density at radius 2 is 1.89 bits per heavy atom. The van der Waals surface area contributed by atoms with E-state index in [4.69, 9.17) is 11.6 Å². The van der Waals surface area contributed by atoms with Crippen molar-refractivity contribution in [2.24, 2.45) is 17.8 Å². The van der Waals surface area contributed by atoms with Crippen LogP contribution in [0.4, 0.5) is 0 Å². The quantitative estimate of drug-likeness (QED) is 0.831. The third kappa shape index (κ3) is 2.54. The number of benzene rings is 1. The molecule has 2 saturated carbocycles. The number of alkyl halides is 1. The number of hydrogen-bond donors (Lipinski definition) is 1. The smallest absolute Gasteiger partial charge is 0.223 e. The van der Waals surface area contributed by atoms with Crippen LogP contribution in [0.5, 0.6) is 0 Å². The van der Waals surface area contributed by atoms with Gasteiger partial charge in [0.2, 0.25) is 5.91 Å². The third-order valence-corrected chi connectivity index (χ3v) is 4.64. The topological polar surface area (TPSA) is 29.1 Å². The molecule has 1 aromatic carbocycles. The van der Waals surface area contributed by atoms with E-state index in [1.807, 2.05) is 30.3 Å². The Balaban J connectivity index is 1.47. The van der Waals surface area contributed by atoms with E-state index in [0.29, 0.717) is 6.54 Å². The van der Waals surface area contributed by atoms with Crippen LogP contribution in [-0.2, 0) is 4.79 Å². The van der Waals surface area contributed by atoms with Gasteiger partial charge in [0.05, 0.1) is 5.38 Å². The summed E-state index contributed by atoms with van der Waals surface area (Å²) in [5, 5.41) is 2.86. The van der Waals surface area contributed by atoms with Gasteiger partial charge in [-0.1, -0.05) is 30.3 Å². The summed E-state index contributed by atoms with van der Waals surface area (Å²) in [6, 6.07) is 9.90. The lowest BCUT2D eigenvalue weighted by Gasteiger charge is -2.15.